The van der Waals surface area contributed by atoms with Gasteiger partial charge in [0.15, 0.2) is 0 Å². The van der Waals surface area contributed by atoms with Gasteiger partial charge in [-0.2, -0.15) is 0 Å². The van der Waals surface area contributed by atoms with Gasteiger partial charge >= 0.3 is 0 Å². The lowest BCUT2D eigenvalue weighted by Gasteiger charge is -2.01. The van der Waals surface area contributed by atoms with Gasteiger partial charge in [0, 0.05) is 26.9 Å². The summed E-state index contributed by atoms with van der Waals surface area (Å²) in [6, 6.07) is 0. The normalized spacial score (nSPS) is 10.5. The molecule has 0 aromatic carbocycles. The maximum absolute atomic E-state index is 11.3. The van der Waals surface area contributed by atoms with E-state index >= 15 is 0 Å². The molecule has 4 nitrogen and oxygen atoms in total. The summed E-state index contributed by atoms with van der Waals surface area (Å²) in [7, 11) is 3.30. The lowest BCUT2D eigenvalue weighted by atomic mass is 10.2. The lowest BCUT2D eigenvalue weighted by molar-refractivity contribution is -0.119. The molecule has 0 saturated heterocycles. The molecule has 0 aliphatic carbocycles. The van der Waals surface area contributed by atoms with Crippen LogP contribution < -0.4 is 5.32 Å². The van der Waals surface area contributed by atoms with Crippen LogP contribution in [0.4, 0.5) is 0 Å². The number of allylic oxidation sites excluding steroid dienone is 1. The average Bonchev–Trinajstić information content (AvgIpc) is 2.43. The van der Waals surface area contributed by atoms with E-state index in [0.717, 1.165) is 0 Å². The van der Waals surface area contributed by atoms with E-state index < -0.39 is 0 Å². The van der Waals surface area contributed by atoms with E-state index in [-0.39, 0.29) is 12.3 Å². The van der Waals surface area contributed by atoms with Crippen molar-refractivity contribution in [1.29, 1.82) is 0 Å². The molecule has 18 heavy (non-hydrogen) atoms. The second-order valence-corrected chi connectivity index (χ2v) is 2.65. The Bertz CT molecular complexity index is 256. The van der Waals surface area contributed by atoms with Gasteiger partial charge in [-0.1, -0.05) is 39.8 Å². The summed E-state index contributed by atoms with van der Waals surface area (Å²) in [6.07, 6.45) is 5.65. The van der Waals surface area contributed by atoms with Crippen LogP contribution in [0.25, 0.3) is 0 Å². The third-order valence-corrected chi connectivity index (χ3v) is 1.56. The molecule has 0 radical (unpaired) electrons. The number of carbonyl (C=O) groups is 1. The Morgan fingerprint density at radius 1 is 1.17 bits per heavy atom. The van der Waals surface area contributed by atoms with Crippen molar-refractivity contribution in [2.24, 2.45) is 9.98 Å². The van der Waals surface area contributed by atoms with E-state index in [1.807, 2.05) is 46.8 Å². The number of hydrogen-bond donors (Lipinski definition) is 1. The highest BCUT2D eigenvalue weighted by Gasteiger charge is 2.02. The summed E-state index contributed by atoms with van der Waals surface area (Å²) in [5.41, 5.74) is 0.686. The van der Waals surface area contributed by atoms with Gasteiger partial charge in [0.05, 0.1) is 12.1 Å². The lowest BCUT2D eigenvalue weighted by Crippen LogP contribution is -2.26. The Hall–Kier alpha value is -1.45. The summed E-state index contributed by atoms with van der Waals surface area (Å²) >= 11 is 0. The van der Waals surface area contributed by atoms with Gasteiger partial charge in [-0.15, -0.1) is 0 Å². The fourth-order valence-corrected chi connectivity index (χ4v) is 0.849. The van der Waals surface area contributed by atoms with Crippen molar-refractivity contribution in [2.45, 2.75) is 41.0 Å². The number of rotatable bonds is 5. The van der Waals surface area contributed by atoms with Crippen LogP contribution in [-0.4, -0.2) is 38.5 Å². The predicted octanol–water partition coefficient (Wildman–Crippen LogP) is 2.89. The van der Waals surface area contributed by atoms with Crippen LogP contribution in [0, 0.1) is 0 Å². The van der Waals surface area contributed by atoms with Crippen LogP contribution in [0.15, 0.2) is 22.1 Å². The van der Waals surface area contributed by atoms with Crippen LogP contribution in [0.2, 0.25) is 0 Å². The van der Waals surface area contributed by atoms with E-state index in [4.69, 9.17) is 0 Å². The van der Waals surface area contributed by atoms with Crippen LogP contribution in [0.1, 0.15) is 41.0 Å². The van der Waals surface area contributed by atoms with Crippen LogP contribution in [-0.2, 0) is 4.79 Å². The number of aliphatic imine (C=N–C) groups is 2. The van der Waals surface area contributed by atoms with E-state index in [2.05, 4.69) is 15.3 Å². The standard InChI is InChI=1S/C10H17N3O.2C2H6/c1-4-5-6-13-10(14)7-9(12-3)8-11-2;2*1-2/h4-5,8H,6-7H2,1-3H3,(H,13,14);2*1-2H3/b5-4+,11-8?,12-9?;;. The van der Waals surface area contributed by atoms with Gasteiger partial charge in [0.2, 0.25) is 5.91 Å². The smallest absolute Gasteiger partial charge is 0.226 e. The Morgan fingerprint density at radius 3 is 2.11 bits per heavy atom. The SMILES string of the molecule is C/C=C/CNC(=O)CC(C=NC)=NC.CC.CC. The Labute approximate surface area is 112 Å². The Kier molecular flexibility index (Phi) is 25.3. The Morgan fingerprint density at radius 2 is 1.72 bits per heavy atom. The summed E-state index contributed by atoms with van der Waals surface area (Å²) in [4.78, 5) is 19.0. The van der Waals surface area contributed by atoms with Gasteiger partial charge < -0.3 is 5.32 Å². The highest BCUT2D eigenvalue weighted by atomic mass is 16.1. The van der Waals surface area contributed by atoms with Crippen LogP contribution >= 0.6 is 0 Å². The molecule has 106 valence electrons. The molecule has 0 spiro atoms. The zero-order chi connectivity index (χ0) is 14.8. The molecule has 0 atom stereocenters. The predicted molar refractivity (Wildman–Crippen MR) is 82.9 cm³/mol. The van der Waals surface area contributed by atoms with Crippen molar-refractivity contribution in [2.75, 3.05) is 20.6 Å². The molecule has 1 amide bonds. The van der Waals surface area contributed by atoms with Gasteiger partial charge in [-0.3, -0.25) is 14.8 Å². The quantitative estimate of drug-likeness (QED) is 0.596. The van der Waals surface area contributed by atoms with Crippen LogP contribution in [0.5, 0.6) is 0 Å². The van der Waals surface area contributed by atoms with Gasteiger partial charge in [-0.25, -0.2) is 0 Å². The minimum absolute atomic E-state index is 0.0383. The first-order chi connectivity index (χ1) is 8.74. The molecule has 0 fully saturated rings. The molecular weight excluding hydrogens is 226 g/mol. The number of carbonyl (C=O) groups excluding carboxylic acids is 1. The van der Waals surface area contributed by atoms with Crippen LogP contribution in [0.3, 0.4) is 0 Å². The maximum atomic E-state index is 11.3. The number of nitrogens with one attached hydrogen (secondary N) is 1. The first-order valence-electron chi connectivity index (χ1n) is 6.50. The topological polar surface area (TPSA) is 53.8 Å². The molecule has 0 saturated carbocycles. The van der Waals surface area contributed by atoms with Crippen molar-refractivity contribution < 1.29 is 4.79 Å². The number of nitrogens with zero attached hydrogens (tertiary/aromatic N) is 2. The highest BCUT2D eigenvalue weighted by molar-refractivity contribution is 6.34. The molecule has 0 unspecified atom stereocenters. The monoisotopic (exact) mass is 255 g/mol. The minimum atomic E-state index is -0.0383. The average molecular weight is 255 g/mol. The molecule has 0 aliphatic heterocycles. The summed E-state index contributed by atoms with van der Waals surface area (Å²) in [5, 5.41) is 2.74. The van der Waals surface area contributed by atoms with E-state index in [1.54, 1.807) is 20.3 Å². The molecule has 0 bridgehead atoms. The Balaban J connectivity index is -0.000000506. The first kappa shape index (κ1) is 21.8. The molecule has 0 aliphatic rings. The zero-order valence-electron chi connectivity index (χ0n) is 12.9. The molecule has 0 aromatic heterocycles. The van der Waals surface area contributed by atoms with Crippen molar-refractivity contribution in [1.82, 2.24) is 5.32 Å². The molecule has 1 N–H and O–H groups in total. The van der Waals surface area contributed by atoms with E-state index in [1.165, 1.54) is 0 Å². The first-order valence-corrected chi connectivity index (χ1v) is 6.50. The molecular formula is C14H29N3O. The number of amides is 1. The van der Waals surface area contributed by atoms with Crippen molar-refractivity contribution in [3.05, 3.63) is 12.2 Å². The molecule has 0 aromatic rings. The van der Waals surface area contributed by atoms with E-state index in [0.29, 0.717) is 12.3 Å². The summed E-state index contributed by atoms with van der Waals surface area (Å²) in [6.45, 7) is 10.5. The van der Waals surface area contributed by atoms with Gasteiger partial charge in [0.1, 0.15) is 0 Å². The third kappa shape index (κ3) is 17.0. The van der Waals surface area contributed by atoms with Crippen molar-refractivity contribution >= 4 is 17.8 Å². The van der Waals surface area contributed by atoms with Crippen molar-refractivity contribution in [3.8, 4) is 0 Å². The molecule has 4 heteroatoms. The van der Waals surface area contributed by atoms with E-state index in [9.17, 15) is 4.79 Å². The fourth-order valence-electron chi connectivity index (χ4n) is 0.849. The van der Waals surface area contributed by atoms with Crippen molar-refractivity contribution in [3.63, 3.8) is 0 Å². The second kappa shape index (κ2) is 20.9. The van der Waals surface area contributed by atoms with Gasteiger partial charge in [-0.05, 0) is 6.92 Å². The molecule has 0 heterocycles. The summed E-state index contributed by atoms with van der Waals surface area (Å²) < 4.78 is 0. The zero-order valence-corrected chi connectivity index (χ0v) is 12.9. The number of hydrogen-bond acceptors (Lipinski definition) is 3. The minimum Gasteiger partial charge on any atom is -0.352 e. The third-order valence-electron chi connectivity index (χ3n) is 1.56. The maximum Gasteiger partial charge on any atom is 0.226 e. The fraction of sp³-hybridized carbons (Fsp3) is 0.643. The van der Waals surface area contributed by atoms with Gasteiger partial charge in [0.25, 0.3) is 0 Å². The second-order valence-electron chi connectivity index (χ2n) is 2.65. The summed E-state index contributed by atoms with van der Waals surface area (Å²) in [5.74, 6) is -0.0383. The molecule has 0 rings (SSSR count). The largest absolute Gasteiger partial charge is 0.352 e. The highest BCUT2D eigenvalue weighted by Crippen LogP contribution is 1.84.